The summed E-state index contributed by atoms with van der Waals surface area (Å²) in [6.07, 6.45) is 23.9. The van der Waals surface area contributed by atoms with Crippen molar-refractivity contribution in [3.8, 4) is 0 Å². The van der Waals surface area contributed by atoms with E-state index in [1.807, 2.05) is 0 Å². The minimum absolute atomic E-state index is 0.859. The smallest absolute Gasteiger partial charge is 0.0414 e. The van der Waals surface area contributed by atoms with E-state index in [1.54, 1.807) is 0 Å². The van der Waals surface area contributed by atoms with Gasteiger partial charge in [-0.2, -0.15) is 0 Å². The zero-order valence-electron chi connectivity index (χ0n) is 38.5. The van der Waals surface area contributed by atoms with Crippen molar-refractivity contribution in [2.75, 3.05) is 0 Å². The van der Waals surface area contributed by atoms with E-state index in [4.69, 9.17) is 0 Å². The lowest BCUT2D eigenvalue weighted by Gasteiger charge is -2.24. The van der Waals surface area contributed by atoms with Crippen molar-refractivity contribution in [1.29, 1.82) is 0 Å². The summed E-state index contributed by atoms with van der Waals surface area (Å²) in [5, 5.41) is 0. The summed E-state index contributed by atoms with van der Waals surface area (Å²) < 4.78 is 0. The van der Waals surface area contributed by atoms with Crippen LogP contribution >= 0.6 is 0 Å². The maximum absolute atomic E-state index is 2.45. The highest BCUT2D eigenvalue weighted by Crippen LogP contribution is 2.29. The van der Waals surface area contributed by atoms with E-state index in [0.29, 0.717) is 0 Å². The summed E-state index contributed by atoms with van der Waals surface area (Å²) in [7, 11) is 0. The van der Waals surface area contributed by atoms with Crippen molar-refractivity contribution in [3.05, 3.63) is 0 Å². The number of hydrogen-bond donors (Lipinski definition) is 0. The SMILES string of the molecule is CCC(C)CC(C)C(C)CCC(C)CC(C)C.CCC(C)CC(C)C(C)CCC(C)CC(C)C.CCC(C)CCCCC(C)CC(C)CC. The Morgan fingerprint density at radius 1 is 0.245 bits per heavy atom. The Labute approximate surface area is 316 Å². The Morgan fingerprint density at radius 2 is 0.531 bits per heavy atom. The standard InChI is InChI=1S/2C17H36.C15H32/c2*1-8-14(4)12-17(7)16(6)10-9-15(5)11-13(2)3;1-6-13(3)10-8-9-11-15(5)12-14(4)7-2/h2*13-17H,8-12H2,1-7H3;13-15H,6-12H2,1-5H3. The molecular formula is C49H104. The normalized spacial score (nSPS) is 18.6. The number of rotatable bonds is 27. The van der Waals surface area contributed by atoms with Gasteiger partial charge in [0.1, 0.15) is 0 Å². The fourth-order valence-electron chi connectivity index (χ4n) is 7.74. The van der Waals surface area contributed by atoms with Gasteiger partial charge in [0.15, 0.2) is 0 Å². The van der Waals surface area contributed by atoms with Crippen molar-refractivity contribution in [2.24, 2.45) is 76.9 Å². The molecule has 0 saturated heterocycles. The molecule has 0 fully saturated rings. The highest BCUT2D eigenvalue weighted by atomic mass is 14.2. The van der Waals surface area contributed by atoms with E-state index >= 15 is 0 Å². The van der Waals surface area contributed by atoms with E-state index in [2.05, 4.69) is 132 Å². The summed E-state index contributed by atoms with van der Waals surface area (Å²) in [5.41, 5.74) is 0. The van der Waals surface area contributed by atoms with E-state index in [9.17, 15) is 0 Å². The van der Waals surface area contributed by atoms with Gasteiger partial charge in [0.05, 0.1) is 0 Å². The van der Waals surface area contributed by atoms with Crippen LogP contribution in [0, 0.1) is 76.9 Å². The molecule has 0 aliphatic rings. The van der Waals surface area contributed by atoms with Gasteiger partial charge in [-0.25, -0.2) is 0 Å². The van der Waals surface area contributed by atoms with E-state index in [-0.39, 0.29) is 0 Å². The average molecular weight is 693 g/mol. The van der Waals surface area contributed by atoms with Crippen LogP contribution in [0.1, 0.15) is 241 Å². The molecule has 11 atom stereocenters. The van der Waals surface area contributed by atoms with Gasteiger partial charge in [0.2, 0.25) is 0 Å². The molecule has 0 aromatic heterocycles. The van der Waals surface area contributed by atoms with E-state index in [0.717, 1.165) is 76.9 Å². The van der Waals surface area contributed by atoms with Crippen LogP contribution in [0.2, 0.25) is 0 Å². The third kappa shape index (κ3) is 36.2. The van der Waals surface area contributed by atoms with Gasteiger partial charge in [0, 0.05) is 0 Å². The molecule has 0 aromatic carbocycles. The van der Waals surface area contributed by atoms with E-state index in [1.165, 1.54) is 109 Å². The van der Waals surface area contributed by atoms with Gasteiger partial charge in [-0.15, -0.1) is 0 Å². The Morgan fingerprint density at radius 3 is 0.837 bits per heavy atom. The topological polar surface area (TPSA) is 0 Å². The van der Waals surface area contributed by atoms with Gasteiger partial charge in [0.25, 0.3) is 0 Å². The molecule has 0 aliphatic heterocycles. The molecule has 0 radical (unpaired) electrons. The fraction of sp³-hybridized carbons (Fsp3) is 1.00. The summed E-state index contributed by atoms with van der Waals surface area (Å²) in [4.78, 5) is 0. The molecule has 0 bridgehead atoms. The maximum atomic E-state index is 2.45. The first-order chi connectivity index (χ1) is 22.8. The first-order valence-corrected chi connectivity index (χ1v) is 22.8. The zero-order chi connectivity index (χ0) is 38.5. The monoisotopic (exact) mass is 693 g/mol. The predicted octanol–water partition coefficient (Wildman–Crippen LogP) is 18.0. The predicted molar refractivity (Wildman–Crippen MR) is 232 cm³/mol. The minimum Gasteiger partial charge on any atom is -0.0651 e. The van der Waals surface area contributed by atoms with Crippen LogP contribution in [0.4, 0.5) is 0 Å². The number of hydrogen-bond acceptors (Lipinski definition) is 0. The van der Waals surface area contributed by atoms with Crippen molar-refractivity contribution >= 4 is 0 Å². The molecular weight excluding hydrogens is 589 g/mol. The average Bonchev–Trinajstić information content (AvgIpc) is 3.03. The lowest BCUT2D eigenvalue weighted by atomic mass is 9.82. The highest BCUT2D eigenvalue weighted by Gasteiger charge is 2.17. The Balaban J connectivity index is -0.000000649. The van der Waals surface area contributed by atoms with Crippen LogP contribution in [-0.4, -0.2) is 0 Å². The molecule has 0 heterocycles. The van der Waals surface area contributed by atoms with Crippen molar-refractivity contribution in [3.63, 3.8) is 0 Å². The summed E-state index contributed by atoms with van der Waals surface area (Å²) in [6.45, 7) is 45.2. The summed E-state index contributed by atoms with van der Waals surface area (Å²) >= 11 is 0. The third-order valence-electron chi connectivity index (χ3n) is 12.7. The maximum Gasteiger partial charge on any atom is -0.0414 e. The Bertz CT molecular complexity index is 606. The van der Waals surface area contributed by atoms with Crippen molar-refractivity contribution in [2.45, 2.75) is 241 Å². The second-order valence-electron chi connectivity index (χ2n) is 19.7. The van der Waals surface area contributed by atoms with Crippen molar-refractivity contribution < 1.29 is 0 Å². The third-order valence-corrected chi connectivity index (χ3v) is 12.7. The van der Waals surface area contributed by atoms with Gasteiger partial charge < -0.3 is 0 Å². The second-order valence-corrected chi connectivity index (χ2v) is 19.7. The molecule has 0 amide bonds. The Kier molecular flexibility index (Phi) is 36.8. The molecule has 0 aromatic rings. The molecule has 0 N–H and O–H groups in total. The highest BCUT2D eigenvalue weighted by molar-refractivity contribution is 4.69. The summed E-state index contributed by atoms with van der Waals surface area (Å²) in [6, 6.07) is 0. The molecule has 0 nitrogen and oxygen atoms in total. The van der Waals surface area contributed by atoms with Crippen LogP contribution in [0.3, 0.4) is 0 Å². The lowest BCUT2D eigenvalue weighted by Crippen LogP contribution is -2.13. The first kappa shape index (κ1) is 53.4. The van der Waals surface area contributed by atoms with Crippen LogP contribution in [-0.2, 0) is 0 Å². The van der Waals surface area contributed by atoms with Gasteiger partial charge in [-0.1, -0.05) is 209 Å². The molecule has 0 aliphatic carbocycles. The second kappa shape index (κ2) is 33.8. The minimum atomic E-state index is 0.859. The van der Waals surface area contributed by atoms with E-state index < -0.39 is 0 Å². The molecule has 300 valence electrons. The molecule has 0 rings (SSSR count). The fourth-order valence-corrected chi connectivity index (χ4v) is 7.74. The van der Waals surface area contributed by atoms with Crippen molar-refractivity contribution in [1.82, 2.24) is 0 Å². The molecule has 11 unspecified atom stereocenters. The van der Waals surface area contributed by atoms with Gasteiger partial charge in [-0.3, -0.25) is 0 Å². The Hall–Kier alpha value is 0. The molecule has 0 spiro atoms. The first-order valence-electron chi connectivity index (χ1n) is 22.8. The molecule has 0 heteroatoms. The largest absolute Gasteiger partial charge is 0.0651 e. The number of unbranched alkanes of at least 4 members (excludes halogenated alkanes) is 1. The van der Waals surface area contributed by atoms with Gasteiger partial charge >= 0.3 is 0 Å². The quantitative estimate of drug-likeness (QED) is 0.0752. The lowest BCUT2D eigenvalue weighted by molar-refractivity contribution is 0.272. The van der Waals surface area contributed by atoms with Crippen LogP contribution in [0.15, 0.2) is 0 Å². The summed E-state index contributed by atoms with van der Waals surface area (Å²) in [5.74, 6) is 11.8. The molecule has 0 saturated carbocycles. The molecule has 49 heavy (non-hydrogen) atoms. The van der Waals surface area contributed by atoms with Crippen LogP contribution in [0.5, 0.6) is 0 Å². The van der Waals surface area contributed by atoms with Crippen LogP contribution in [0.25, 0.3) is 0 Å². The van der Waals surface area contributed by atoms with Gasteiger partial charge in [-0.05, 0) is 109 Å². The van der Waals surface area contributed by atoms with Crippen LogP contribution < -0.4 is 0 Å². The zero-order valence-corrected chi connectivity index (χ0v) is 38.5.